The van der Waals surface area contributed by atoms with E-state index in [4.69, 9.17) is 0 Å². The molecule has 1 aromatic rings. The molecule has 0 amide bonds. The van der Waals surface area contributed by atoms with Crippen molar-refractivity contribution in [3.8, 4) is 0 Å². The number of hydrogen-bond acceptors (Lipinski definition) is 1. The average molecular weight is 236 g/mol. The molecule has 0 aromatic heterocycles. The molecule has 0 aliphatic heterocycles. The maximum Gasteiger partial charge on any atom is 0.162 e. The summed E-state index contributed by atoms with van der Waals surface area (Å²) in [5, 5.41) is 0. The van der Waals surface area contributed by atoms with E-state index in [2.05, 4.69) is 6.92 Å². The van der Waals surface area contributed by atoms with Crippen LogP contribution >= 0.6 is 0 Å². The van der Waals surface area contributed by atoms with Crippen molar-refractivity contribution in [1.82, 2.24) is 0 Å². The van der Waals surface area contributed by atoms with Gasteiger partial charge in [0.05, 0.1) is 0 Å². The second-order valence-electron chi connectivity index (χ2n) is 4.60. The third kappa shape index (κ3) is 5.12. The van der Waals surface area contributed by atoms with Gasteiger partial charge in [0, 0.05) is 12.0 Å². The fraction of sp³-hybridized carbons (Fsp3) is 0.533. The molecule has 1 rings (SSSR count). The number of carbonyl (C=O) groups excluding carboxylic acids is 1. The zero-order chi connectivity index (χ0) is 12.7. The van der Waals surface area contributed by atoms with Gasteiger partial charge in [-0.3, -0.25) is 4.79 Å². The Morgan fingerprint density at radius 3 is 2.47 bits per heavy atom. The minimum Gasteiger partial charge on any atom is -0.294 e. The Morgan fingerprint density at radius 2 is 1.82 bits per heavy atom. The average Bonchev–Trinajstić information content (AvgIpc) is 2.27. The quantitative estimate of drug-likeness (QED) is 0.496. The molecule has 0 radical (unpaired) electrons. The molecule has 0 N–H and O–H groups in total. The molecule has 0 bridgehead atoms. The summed E-state index contributed by atoms with van der Waals surface area (Å²) >= 11 is 0. The van der Waals surface area contributed by atoms with Crippen LogP contribution in [0.4, 0.5) is 4.39 Å². The van der Waals surface area contributed by atoms with Crippen molar-refractivity contribution in [2.75, 3.05) is 0 Å². The lowest BCUT2D eigenvalue weighted by atomic mass is 10.0. The first-order chi connectivity index (χ1) is 8.13. The van der Waals surface area contributed by atoms with Crippen LogP contribution in [-0.4, -0.2) is 5.78 Å². The third-order valence-electron chi connectivity index (χ3n) is 2.87. The largest absolute Gasteiger partial charge is 0.294 e. The molecule has 0 unspecified atom stereocenters. The summed E-state index contributed by atoms with van der Waals surface area (Å²) in [5.41, 5.74) is 1.32. The van der Waals surface area contributed by atoms with Crippen LogP contribution in [0.2, 0.25) is 0 Å². The van der Waals surface area contributed by atoms with Crippen molar-refractivity contribution in [3.63, 3.8) is 0 Å². The van der Waals surface area contributed by atoms with Crippen molar-refractivity contribution in [2.24, 2.45) is 0 Å². The first-order valence-corrected chi connectivity index (χ1v) is 6.44. The van der Waals surface area contributed by atoms with Gasteiger partial charge in [-0.25, -0.2) is 4.39 Å². The fourth-order valence-electron chi connectivity index (χ4n) is 1.93. The number of halogens is 1. The normalized spacial score (nSPS) is 10.5. The highest BCUT2D eigenvalue weighted by molar-refractivity contribution is 5.96. The van der Waals surface area contributed by atoms with Gasteiger partial charge in [0.1, 0.15) is 5.82 Å². The van der Waals surface area contributed by atoms with Crippen LogP contribution in [0.1, 0.15) is 61.4 Å². The zero-order valence-electron chi connectivity index (χ0n) is 10.8. The van der Waals surface area contributed by atoms with Gasteiger partial charge in [0.2, 0.25) is 0 Å². The number of benzene rings is 1. The van der Waals surface area contributed by atoms with Crippen LogP contribution in [0.25, 0.3) is 0 Å². The summed E-state index contributed by atoms with van der Waals surface area (Å²) in [7, 11) is 0. The van der Waals surface area contributed by atoms with E-state index < -0.39 is 0 Å². The topological polar surface area (TPSA) is 17.1 Å². The van der Waals surface area contributed by atoms with E-state index in [9.17, 15) is 9.18 Å². The monoisotopic (exact) mass is 236 g/mol. The molecule has 0 atom stereocenters. The smallest absolute Gasteiger partial charge is 0.162 e. The van der Waals surface area contributed by atoms with Crippen molar-refractivity contribution in [2.45, 2.75) is 52.4 Å². The van der Waals surface area contributed by atoms with Crippen LogP contribution in [0.3, 0.4) is 0 Å². The van der Waals surface area contributed by atoms with Gasteiger partial charge in [-0.2, -0.15) is 0 Å². The second-order valence-corrected chi connectivity index (χ2v) is 4.60. The molecule has 1 aromatic carbocycles. The van der Waals surface area contributed by atoms with Crippen molar-refractivity contribution in [1.29, 1.82) is 0 Å². The number of aryl methyl sites for hydroxylation is 1. The lowest BCUT2D eigenvalue weighted by molar-refractivity contribution is 0.0978. The minimum atomic E-state index is -0.320. The highest BCUT2D eigenvalue weighted by Crippen LogP contribution is 2.13. The van der Waals surface area contributed by atoms with E-state index in [1.54, 1.807) is 13.0 Å². The van der Waals surface area contributed by atoms with Gasteiger partial charge in [0.25, 0.3) is 0 Å². The SMILES string of the molecule is CCCCCCCC(=O)c1cc(C)cc(F)c1. The molecule has 0 fully saturated rings. The van der Waals surface area contributed by atoms with E-state index in [0.717, 1.165) is 18.4 Å². The molecular formula is C15H21FO. The first-order valence-electron chi connectivity index (χ1n) is 6.44. The molecule has 0 aliphatic carbocycles. The Bertz CT molecular complexity index is 351. The van der Waals surface area contributed by atoms with Gasteiger partial charge in [-0.1, -0.05) is 32.6 Å². The number of hydrogen-bond donors (Lipinski definition) is 0. The third-order valence-corrected chi connectivity index (χ3v) is 2.87. The van der Waals surface area contributed by atoms with Crippen molar-refractivity contribution in [3.05, 3.63) is 35.1 Å². The Balaban J connectivity index is 2.41. The number of rotatable bonds is 7. The number of Topliss-reactive ketones (excluding diaryl/α,β-unsaturated/α-hetero) is 1. The van der Waals surface area contributed by atoms with Gasteiger partial charge in [0.15, 0.2) is 5.78 Å². The Morgan fingerprint density at radius 1 is 1.12 bits per heavy atom. The molecule has 17 heavy (non-hydrogen) atoms. The van der Waals surface area contributed by atoms with Crippen LogP contribution in [0.5, 0.6) is 0 Å². The van der Waals surface area contributed by atoms with Crippen LogP contribution in [0.15, 0.2) is 18.2 Å². The maximum atomic E-state index is 13.1. The van der Waals surface area contributed by atoms with E-state index in [1.165, 1.54) is 31.4 Å². The highest BCUT2D eigenvalue weighted by atomic mass is 19.1. The molecule has 1 nitrogen and oxygen atoms in total. The summed E-state index contributed by atoms with van der Waals surface area (Å²) in [4.78, 5) is 11.8. The second kappa shape index (κ2) is 7.21. The van der Waals surface area contributed by atoms with E-state index >= 15 is 0 Å². The molecule has 0 spiro atoms. The molecule has 2 heteroatoms. The Kier molecular flexibility index (Phi) is 5.88. The van der Waals surface area contributed by atoms with Crippen LogP contribution in [-0.2, 0) is 0 Å². The molecule has 0 saturated heterocycles. The first kappa shape index (κ1) is 13.9. The van der Waals surface area contributed by atoms with Gasteiger partial charge in [-0.15, -0.1) is 0 Å². The van der Waals surface area contributed by atoms with Crippen molar-refractivity contribution >= 4 is 5.78 Å². The summed E-state index contributed by atoms with van der Waals surface area (Å²) < 4.78 is 13.1. The van der Waals surface area contributed by atoms with Crippen molar-refractivity contribution < 1.29 is 9.18 Å². The van der Waals surface area contributed by atoms with E-state index in [0.29, 0.717) is 12.0 Å². The summed E-state index contributed by atoms with van der Waals surface area (Å²) in [6.07, 6.45) is 6.16. The molecule has 0 saturated carbocycles. The molecule has 0 heterocycles. The molecule has 94 valence electrons. The summed E-state index contributed by atoms with van der Waals surface area (Å²) in [6, 6.07) is 4.54. The predicted octanol–water partition coefficient (Wildman–Crippen LogP) is 4.68. The number of ketones is 1. The Hall–Kier alpha value is -1.18. The highest BCUT2D eigenvalue weighted by Gasteiger charge is 2.07. The summed E-state index contributed by atoms with van der Waals surface area (Å²) in [5.74, 6) is -0.261. The van der Waals surface area contributed by atoms with E-state index in [1.807, 2.05) is 0 Å². The van der Waals surface area contributed by atoms with Gasteiger partial charge in [-0.05, 0) is 37.1 Å². The molecular weight excluding hydrogens is 215 g/mol. The number of carbonyl (C=O) groups is 1. The van der Waals surface area contributed by atoms with Crippen LogP contribution in [0, 0.1) is 12.7 Å². The summed E-state index contributed by atoms with van der Waals surface area (Å²) in [6.45, 7) is 3.97. The number of unbranched alkanes of at least 4 members (excludes halogenated alkanes) is 4. The standard InChI is InChI=1S/C15H21FO/c1-3-4-5-6-7-8-15(17)13-9-12(2)10-14(16)11-13/h9-11H,3-8H2,1-2H3. The lowest BCUT2D eigenvalue weighted by Crippen LogP contribution is -2.00. The van der Waals surface area contributed by atoms with Crippen LogP contribution < -0.4 is 0 Å². The minimum absolute atomic E-state index is 0.0594. The van der Waals surface area contributed by atoms with Gasteiger partial charge >= 0.3 is 0 Å². The fourth-order valence-corrected chi connectivity index (χ4v) is 1.93. The van der Waals surface area contributed by atoms with Gasteiger partial charge < -0.3 is 0 Å². The van der Waals surface area contributed by atoms with E-state index in [-0.39, 0.29) is 11.6 Å². The lowest BCUT2D eigenvalue weighted by Gasteiger charge is -2.03. The zero-order valence-corrected chi connectivity index (χ0v) is 10.8. The Labute approximate surface area is 103 Å². The predicted molar refractivity (Wildman–Crippen MR) is 68.8 cm³/mol. The maximum absolute atomic E-state index is 13.1. The molecule has 0 aliphatic rings.